The third kappa shape index (κ3) is 3.28. The van der Waals surface area contributed by atoms with Gasteiger partial charge < -0.3 is 10.8 Å². The van der Waals surface area contributed by atoms with Crippen LogP contribution in [0.4, 0.5) is 0 Å². The van der Waals surface area contributed by atoms with E-state index in [4.69, 9.17) is 10.3 Å². The van der Waals surface area contributed by atoms with Crippen LogP contribution in [0.1, 0.15) is 18.1 Å². The third-order valence-electron chi connectivity index (χ3n) is 2.33. The minimum Gasteiger partial charge on any atom is -0.387 e. The van der Waals surface area contributed by atoms with E-state index in [1.165, 1.54) is 0 Å². The molecule has 0 unspecified atom stereocenters. The normalized spacial score (nSPS) is 15.7. The second-order valence-corrected chi connectivity index (χ2v) is 5.12. The molecule has 4 N–H and O–H groups in total. The van der Waals surface area contributed by atoms with Gasteiger partial charge in [0.2, 0.25) is 0 Å². The van der Waals surface area contributed by atoms with Gasteiger partial charge in [0.05, 0.1) is 6.10 Å². The van der Waals surface area contributed by atoms with E-state index in [1.54, 1.807) is 30.3 Å². The third-order valence-corrected chi connectivity index (χ3v) is 3.59. The van der Waals surface area contributed by atoms with Gasteiger partial charge in [0.25, 0.3) is 10.1 Å². The van der Waals surface area contributed by atoms with Crippen LogP contribution in [0.3, 0.4) is 0 Å². The van der Waals surface area contributed by atoms with Gasteiger partial charge in [-0.05, 0) is 18.5 Å². The lowest BCUT2D eigenvalue weighted by molar-refractivity contribution is 0.164. The first-order chi connectivity index (χ1) is 7.46. The Labute approximate surface area is 94.7 Å². The molecule has 1 aromatic rings. The molecule has 5 nitrogen and oxygen atoms in total. The number of rotatable bonds is 5. The molecule has 0 saturated heterocycles. The summed E-state index contributed by atoms with van der Waals surface area (Å²) in [7, 11) is -4.30. The molecule has 0 spiro atoms. The number of nitrogens with two attached hydrogens (primary N) is 1. The van der Waals surface area contributed by atoms with E-state index in [1.807, 2.05) is 0 Å². The van der Waals surface area contributed by atoms with Gasteiger partial charge in [0.15, 0.2) is 0 Å². The van der Waals surface area contributed by atoms with E-state index >= 15 is 0 Å². The summed E-state index contributed by atoms with van der Waals surface area (Å²) in [5.74, 6) is 0. The van der Waals surface area contributed by atoms with Crippen LogP contribution in [0.25, 0.3) is 0 Å². The number of hydrogen-bond donors (Lipinski definition) is 3. The molecule has 0 aliphatic carbocycles. The van der Waals surface area contributed by atoms with Crippen molar-refractivity contribution in [3.05, 3.63) is 35.9 Å². The van der Waals surface area contributed by atoms with Crippen LogP contribution in [0.15, 0.2) is 30.3 Å². The summed E-state index contributed by atoms with van der Waals surface area (Å²) < 4.78 is 31.1. The molecule has 0 aromatic heterocycles. The van der Waals surface area contributed by atoms with Crippen LogP contribution in [0, 0.1) is 0 Å². The molecule has 2 atom stereocenters. The molecule has 0 aliphatic rings. The van der Waals surface area contributed by atoms with Crippen molar-refractivity contribution in [3.8, 4) is 0 Å². The van der Waals surface area contributed by atoms with Crippen molar-refractivity contribution in [2.75, 3.05) is 6.54 Å². The van der Waals surface area contributed by atoms with Gasteiger partial charge in [-0.3, -0.25) is 4.55 Å². The summed E-state index contributed by atoms with van der Waals surface area (Å²) in [6.45, 7) is 0.0777. The minimum atomic E-state index is -4.30. The highest BCUT2D eigenvalue weighted by Crippen LogP contribution is 2.23. The highest BCUT2D eigenvalue weighted by Gasteiger charge is 2.31. The first kappa shape index (κ1) is 13.1. The first-order valence-electron chi connectivity index (χ1n) is 4.86. The zero-order valence-corrected chi connectivity index (χ0v) is 9.47. The van der Waals surface area contributed by atoms with Crippen LogP contribution in [-0.2, 0) is 10.1 Å². The van der Waals surface area contributed by atoms with E-state index in [9.17, 15) is 13.5 Å². The Balaban J connectivity index is 2.97. The second-order valence-electron chi connectivity index (χ2n) is 3.49. The molecular formula is C10H15NO4S. The van der Waals surface area contributed by atoms with Gasteiger partial charge in [0, 0.05) is 0 Å². The van der Waals surface area contributed by atoms with Crippen molar-refractivity contribution in [2.45, 2.75) is 17.8 Å². The number of aliphatic hydroxyl groups excluding tert-OH is 1. The standard InChI is InChI=1S/C10H15NO4S/c11-7-6-9(16(13,14)15)10(12)8-4-2-1-3-5-8/h1-5,9-10,12H,6-7,11H2,(H,13,14,15)/t9-,10-/m1/s1. The Bertz CT molecular complexity index is 418. The first-order valence-corrected chi connectivity index (χ1v) is 6.36. The van der Waals surface area contributed by atoms with E-state index in [2.05, 4.69) is 0 Å². The van der Waals surface area contributed by atoms with Gasteiger partial charge >= 0.3 is 0 Å². The van der Waals surface area contributed by atoms with Crippen LogP contribution in [-0.4, -0.2) is 29.9 Å². The fourth-order valence-electron chi connectivity index (χ4n) is 1.50. The molecule has 1 aromatic carbocycles. The highest BCUT2D eigenvalue weighted by molar-refractivity contribution is 7.86. The average molecular weight is 245 g/mol. The zero-order valence-electron chi connectivity index (χ0n) is 8.65. The fraction of sp³-hybridized carbons (Fsp3) is 0.400. The fourth-order valence-corrected chi connectivity index (χ4v) is 2.42. The number of hydrogen-bond acceptors (Lipinski definition) is 4. The van der Waals surface area contributed by atoms with Crippen molar-refractivity contribution < 1.29 is 18.1 Å². The Morgan fingerprint density at radius 2 is 1.81 bits per heavy atom. The molecule has 0 heterocycles. The van der Waals surface area contributed by atoms with Crippen molar-refractivity contribution in [1.82, 2.24) is 0 Å². The maximum Gasteiger partial charge on any atom is 0.270 e. The molecule has 0 bridgehead atoms. The van der Waals surface area contributed by atoms with Crippen molar-refractivity contribution in [2.24, 2.45) is 5.73 Å². The largest absolute Gasteiger partial charge is 0.387 e. The molecule has 0 fully saturated rings. The predicted molar refractivity (Wildman–Crippen MR) is 60.4 cm³/mol. The summed E-state index contributed by atoms with van der Waals surface area (Å²) in [6, 6.07) is 8.31. The van der Waals surface area contributed by atoms with Crippen molar-refractivity contribution in [1.29, 1.82) is 0 Å². The smallest absolute Gasteiger partial charge is 0.270 e. The minimum absolute atomic E-state index is 0.00882. The van der Waals surface area contributed by atoms with E-state index < -0.39 is 21.5 Å². The monoisotopic (exact) mass is 245 g/mol. The lowest BCUT2D eigenvalue weighted by atomic mass is 10.0. The van der Waals surface area contributed by atoms with Crippen molar-refractivity contribution in [3.63, 3.8) is 0 Å². The van der Waals surface area contributed by atoms with Crippen LogP contribution in [0.2, 0.25) is 0 Å². The summed E-state index contributed by atoms with van der Waals surface area (Å²) in [4.78, 5) is 0. The Kier molecular flexibility index (Phi) is 4.43. The lowest BCUT2D eigenvalue weighted by Crippen LogP contribution is -2.30. The molecular weight excluding hydrogens is 230 g/mol. The molecule has 16 heavy (non-hydrogen) atoms. The van der Waals surface area contributed by atoms with Crippen LogP contribution < -0.4 is 5.73 Å². The summed E-state index contributed by atoms with van der Waals surface area (Å²) in [5, 5.41) is 8.57. The summed E-state index contributed by atoms with van der Waals surface area (Å²) in [5.41, 5.74) is 5.70. The van der Waals surface area contributed by atoms with Crippen LogP contribution in [0.5, 0.6) is 0 Å². The molecule has 0 radical (unpaired) electrons. The Morgan fingerprint density at radius 1 is 1.25 bits per heavy atom. The van der Waals surface area contributed by atoms with Crippen LogP contribution >= 0.6 is 0 Å². The molecule has 1 rings (SSSR count). The Hall–Kier alpha value is -0.950. The topological polar surface area (TPSA) is 101 Å². The van der Waals surface area contributed by atoms with E-state index in [-0.39, 0.29) is 13.0 Å². The molecule has 0 amide bonds. The van der Waals surface area contributed by atoms with Crippen molar-refractivity contribution >= 4 is 10.1 Å². The predicted octanol–water partition coefficient (Wildman–Crippen LogP) is 0.325. The Morgan fingerprint density at radius 3 is 2.25 bits per heavy atom. The highest BCUT2D eigenvalue weighted by atomic mass is 32.2. The number of aliphatic hydroxyl groups is 1. The quantitative estimate of drug-likeness (QED) is 0.649. The lowest BCUT2D eigenvalue weighted by Gasteiger charge is -2.19. The van der Waals surface area contributed by atoms with Gasteiger partial charge in [-0.1, -0.05) is 30.3 Å². The van der Waals surface area contributed by atoms with Gasteiger partial charge in [-0.25, -0.2) is 0 Å². The molecule has 0 saturated carbocycles. The second kappa shape index (κ2) is 5.40. The average Bonchev–Trinajstić information content (AvgIpc) is 2.25. The SMILES string of the molecule is NCC[C@H]([C@H](O)c1ccccc1)S(=O)(=O)O. The summed E-state index contributed by atoms with van der Waals surface area (Å²) in [6.07, 6.45) is -1.26. The molecule has 90 valence electrons. The van der Waals surface area contributed by atoms with Gasteiger partial charge in [0.1, 0.15) is 5.25 Å². The van der Waals surface area contributed by atoms with Gasteiger partial charge in [-0.2, -0.15) is 8.42 Å². The molecule has 0 aliphatic heterocycles. The van der Waals surface area contributed by atoms with Gasteiger partial charge in [-0.15, -0.1) is 0 Å². The zero-order chi connectivity index (χ0) is 12.2. The number of benzene rings is 1. The van der Waals surface area contributed by atoms with E-state index in [0.29, 0.717) is 5.56 Å². The maximum absolute atomic E-state index is 11.1. The molecule has 6 heteroatoms. The maximum atomic E-state index is 11.1. The van der Waals surface area contributed by atoms with E-state index in [0.717, 1.165) is 0 Å². The summed E-state index contributed by atoms with van der Waals surface area (Å²) >= 11 is 0.